The minimum Gasteiger partial charge on any atom is -0.395 e. The van der Waals surface area contributed by atoms with Gasteiger partial charge >= 0.3 is 0 Å². The molecule has 2 amide bonds. The molecular weight excluding hydrogens is 358 g/mol. The quantitative estimate of drug-likeness (QED) is 0.476. The molecule has 3 rings (SSSR count). The molecule has 0 saturated heterocycles. The zero-order chi connectivity index (χ0) is 19.9. The Bertz CT molecular complexity index is 983. The van der Waals surface area contributed by atoms with Crippen LogP contribution in [0.5, 0.6) is 0 Å². The van der Waals surface area contributed by atoms with Gasteiger partial charge in [-0.05, 0) is 37.3 Å². The second-order valence-electron chi connectivity index (χ2n) is 6.15. The van der Waals surface area contributed by atoms with Crippen LogP contribution in [0.25, 0.3) is 11.0 Å². The zero-order valence-corrected chi connectivity index (χ0v) is 15.6. The molecule has 1 heterocycles. The number of para-hydroxylation sites is 2. The van der Waals surface area contributed by atoms with Gasteiger partial charge in [0.15, 0.2) is 0 Å². The summed E-state index contributed by atoms with van der Waals surface area (Å²) in [6, 6.07) is 14.3. The monoisotopic (exact) mass is 381 g/mol. The molecule has 3 aromatic rings. The van der Waals surface area contributed by atoms with E-state index in [1.807, 2.05) is 31.2 Å². The van der Waals surface area contributed by atoms with E-state index in [9.17, 15) is 9.59 Å². The fourth-order valence-electron chi connectivity index (χ4n) is 2.88. The van der Waals surface area contributed by atoms with Gasteiger partial charge in [0, 0.05) is 24.3 Å². The predicted molar refractivity (Wildman–Crippen MR) is 108 cm³/mol. The summed E-state index contributed by atoms with van der Waals surface area (Å²) in [6.45, 7) is 2.72. The summed E-state index contributed by atoms with van der Waals surface area (Å²) in [7, 11) is 0. The smallest absolute Gasteiger partial charge is 0.251 e. The Hall–Kier alpha value is -3.39. The van der Waals surface area contributed by atoms with Crippen molar-refractivity contribution in [2.45, 2.75) is 13.5 Å². The lowest BCUT2D eigenvalue weighted by Gasteiger charge is -2.11. The molecule has 28 heavy (non-hydrogen) atoms. The number of amides is 2. The summed E-state index contributed by atoms with van der Waals surface area (Å²) in [5, 5.41) is 17.7. The summed E-state index contributed by atoms with van der Waals surface area (Å²) in [5.74, 6) is 0.0828. The number of nitrogens with one attached hydrogen (secondary N) is 3. The van der Waals surface area contributed by atoms with Crippen LogP contribution in [0.2, 0.25) is 0 Å². The summed E-state index contributed by atoms with van der Waals surface area (Å²) in [4.78, 5) is 29.1. The van der Waals surface area contributed by atoms with Crippen molar-refractivity contribution in [2.75, 3.05) is 30.3 Å². The van der Waals surface area contributed by atoms with Gasteiger partial charge in [-0.15, -0.1) is 0 Å². The molecule has 0 aliphatic rings. The average Bonchev–Trinajstić information content (AvgIpc) is 3.04. The van der Waals surface area contributed by atoms with E-state index in [0.29, 0.717) is 30.3 Å². The largest absolute Gasteiger partial charge is 0.395 e. The Morgan fingerprint density at radius 3 is 2.75 bits per heavy atom. The minimum atomic E-state index is -0.247. The van der Waals surface area contributed by atoms with Crippen LogP contribution in [0.3, 0.4) is 0 Å². The van der Waals surface area contributed by atoms with E-state index in [0.717, 1.165) is 11.0 Å². The third kappa shape index (κ3) is 4.47. The summed E-state index contributed by atoms with van der Waals surface area (Å²) >= 11 is 0. The summed E-state index contributed by atoms with van der Waals surface area (Å²) in [6.07, 6.45) is 0. The predicted octanol–water partition coefficient (Wildman–Crippen LogP) is 1.83. The number of carbonyl (C=O) groups is 2. The van der Waals surface area contributed by atoms with Gasteiger partial charge in [-0.3, -0.25) is 9.59 Å². The van der Waals surface area contributed by atoms with Crippen molar-refractivity contribution in [1.82, 2.24) is 14.9 Å². The van der Waals surface area contributed by atoms with E-state index < -0.39 is 0 Å². The normalized spacial score (nSPS) is 10.6. The highest BCUT2D eigenvalue weighted by molar-refractivity contribution is 5.97. The van der Waals surface area contributed by atoms with Crippen molar-refractivity contribution in [3.8, 4) is 0 Å². The Morgan fingerprint density at radius 1 is 1.14 bits per heavy atom. The van der Waals surface area contributed by atoms with Crippen LogP contribution >= 0.6 is 0 Å². The number of imidazole rings is 1. The Labute approximate surface area is 162 Å². The molecule has 0 aliphatic heterocycles. The molecule has 0 aliphatic carbocycles. The lowest BCUT2D eigenvalue weighted by molar-refractivity contribution is -0.116. The van der Waals surface area contributed by atoms with Crippen LogP contribution in [0.4, 0.5) is 11.6 Å². The molecule has 8 nitrogen and oxygen atoms in total. The van der Waals surface area contributed by atoms with Crippen LogP contribution < -0.4 is 16.0 Å². The lowest BCUT2D eigenvalue weighted by atomic mass is 10.2. The first kappa shape index (κ1) is 19.4. The number of hydrogen-bond acceptors (Lipinski definition) is 5. The van der Waals surface area contributed by atoms with Crippen LogP contribution in [-0.2, 0) is 11.3 Å². The van der Waals surface area contributed by atoms with Gasteiger partial charge in [-0.1, -0.05) is 18.2 Å². The standard InChI is InChI=1S/C20H23N5O3/c1-2-21-19(28)14-6-5-7-15(12-14)23-18(27)13-25-17-9-4-3-8-16(17)24-20(25)22-10-11-26/h3-9,12,26H,2,10-11,13H2,1H3,(H,21,28)(H,22,24)(H,23,27). The second kappa shape index (κ2) is 9.01. The average molecular weight is 381 g/mol. The Kier molecular flexibility index (Phi) is 6.23. The zero-order valence-electron chi connectivity index (χ0n) is 15.6. The maximum Gasteiger partial charge on any atom is 0.251 e. The molecule has 0 atom stereocenters. The fourth-order valence-corrected chi connectivity index (χ4v) is 2.88. The SMILES string of the molecule is CCNC(=O)c1cccc(NC(=O)Cn2c(NCCO)nc3ccccc32)c1. The van der Waals surface area contributed by atoms with E-state index in [4.69, 9.17) is 5.11 Å². The van der Waals surface area contributed by atoms with Crippen molar-refractivity contribution in [1.29, 1.82) is 0 Å². The highest BCUT2D eigenvalue weighted by Gasteiger charge is 2.14. The number of nitrogens with zero attached hydrogens (tertiary/aromatic N) is 2. The maximum absolute atomic E-state index is 12.6. The van der Waals surface area contributed by atoms with E-state index >= 15 is 0 Å². The number of benzene rings is 2. The van der Waals surface area contributed by atoms with Crippen LogP contribution in [0.15, 0.2) is 48.5 Å². The molecule has 4 N–H and O–H groups in total. The van der Waals surface area contributed by atoms with Gasteiger partial charge in [0.05, 0.1) is 17.6 Å². The first-order valence-electron chi connectivity index (χ1n) is 9.10. The number of aliphatic hydroxyl groups excluding tert-OH is 1. The van der Waals surface area contributed by atoms with E-state index in [2.05, 4.69) is 20.9 Å². The molecule has 8 heteroatoms. The van der Waals surface area contributed by atoms with Crippen LogP contribution in [0.1, 0.15) is 17.3 Å². The van der Waals surface area contributed by atoms with Crippen molar-refractivity contribution in [2.24, 2.45) is 0 Å². The molecule has 0 fully saturated rings. The van der Waals surface area contributed by atoms with E-state index in [-0.39, 0.29) is 25.0 Å². The van der Waals surface area contributed by atoms with Crippen LogP contribution in [-0.4, -0.2) is 46.2 Å². The van der Waals surface area contributed by atoms with Gasteiger partial charge in [-0.25, -0.2) is 4.98 Å². The lowest BCUT2D eigenvalue weighted by Crippen LogP contribution is -2.23. The van der Waals surface area contributed by atoms with Gasteiger partial charge in [0.2, 0.25) is 11.9 Å². The summed E-state index contributed by atoms with van der Waals surface area (Å²) < 4.78 is 1.76. The molecule has 2 aromatic carbocycles. The van der Waals surface area contributed by atoms with Gasteiger partial charge < -0.3 is 25.6 Å². The molecule has 0 bridgehead atoms. The molecule has 1 aromatic heterocycles. The molecule has 146 valence electrons. The number of rotatable bonds is 8. The highest BCUT2D eigenvalue weighted by Crippen LogP contribution is 2.20. The maximum atomic E-state index is 12.6. The van der Waals surface area contributed by atoms with Crippen molar-refractivity contribution >= 4 is 34.5 Å². The highest BCUT2D eigenvalue weighted by atomic mass is 16.3. The third-order valence-electron chi connectivity index (χ3n) is 4.10. The van der Waals surface area contributed by atoms with Crippen molar-refractivity contribution in [3.05, 3.63) is 54.1 Å². The number of aromatic nitrogens is 2. The fraction of sp³-hybridized carbons (Fsp3) is 0.250. The molecule has 0 unspecified atom stereocenters. The first-order valence-corrected chi connectivity index (χ1v) is 9.10. The van der Waals surface area contributed by atoms with Gasteiger partial charge in [0.1, 0.15) is 6.54 Å². The van der Waals surface area contributed by atoms with E-state index in [1.54, 1.807) is 28.8 Å². The molecular formula is C20H23N5O3. The van der Waals surface area contributed by atoms with Crippen molar-refractivity contribution in [3.63, 3.8) is 0 Å². The number of anilines is 2. The van der Waals surface area contributed by atoms with Gasteiger partial charge in [0.25, 0.3) is 5.91 Å². The van der Waals surface area contributed by atoms with Gasteiger partial charge in [-0.2, -0.15) is 0 Å². The van der Waals surface area contributed by atoms with Crippen LogP contribution in [0, 0.1) is 0 Å². The molecule has 0 radical (unpaired) electrons. The minimum absolute atomic E-state index is 0.0397. The number of fused-ring (bicyclic) bond motifs is 1. The molecule has 0 spiro atoms. The second-order valence-corrected chi connectivity index (χ2v) is 6.15. The summed E-state index contributed by atoms with van der Waals surface area (Å²) in [5.41, 5.74) is 2.60. The molecule has 0 saturated carbocycles. The Morgan fingerprint density at radius 2 is 1.96 bits per heavy atom. The number of aliphatic hydroxyl groups is 1. The Balaban J connectivity index is 1.78. The number of hydrogen-bond donors (Lipinski definition) is 4. The van der Waals surface area contributed by atoms with Crippen molar-refractivity contribution < 1.29 is 14.7 Å². The third-order valence-corrected chi connectivity index (χ3v) is 4.10. The van der Waals surface area contributed by atoms with E-state index in [1.165, 1.54) is 0 Å². The topological polar surface area (TPSA) is 108 Å². The first-order chi connectivity index (χ1) is 13.6. The number of carbonyl (C=O) groups excluding carboxylic acids is 2.